The van der Waals surface area contributed by atoms with Gasteiger partial charge in [-0.25, -0.2) is 5.01 Å². The van der Waals surface area contributed by atoms with Gasteiger partial charge in [0.2, 0.25) is 5.72 Å². The maximum absolute atomic E-state index is 6.77. The van der Waals surface area contributed by atoms with Crippen molar-refractivity contribution < 1.29 is 9.47 Å². The third-order valence-electron chi connectivity index (χ3n) is 6.70. The molecule has 0 N–H and O–H groups in total. The van der Waals surface area contributed by atoms with Crippen molar-refractivity contribution in [1.82, 2.24) is 9.91 Å². The summed E-state index contributed by atoms with van der Waals surface area (Å²) in [6.07, 6.45) is 2.61. The highest BCUT2D eigenvalue weighted by Gasteiger charge is 2.52. The number of methoxy groups -OCH3 is 1. The van der Waals surface area contributed by atoms with Gasteiger partial charge in [-0.3, -0.25) is 0 Å². The molecule has 0 radical (unpaired) electrons. The number of benzene rings is 2. The van der Waals surface area contributed by atoms with Crippen LogP contribution in [0.5, 0.6) is 11.5 Å². The number of halogens is 1. The zero-order valence-corrected chi connectivity index (χ0v) is 18.5. The number of hydrogen-bond acceptors (Lipinski definition) is 5. The molecular formula is C24H28ClN3O2. The molecule has 1 spiro atoms. The van der Waals surface area contributed by atoms with E-state index in [4.69, 9.17) is 26.2 Å². The lowest BCUT2D eigenvalue weighted by Gasteiger charge is -2.51. The topological polar surface area (TPSA) is 37.3 Å². The van der Waals surface area contributed by atoms with Crippen molar-refractivity contribution in [1.29, 1.82) is 0 Å². The van der Waals surface area contributed by atoms with Crippen LogP contribution >= 0.6 is 11.6 Å². The fourth-order valence-electron chi connectivity index (χ4n) is 5.01. The van der Waals surface area contributed by atoms with E-state index in [-0.39, 0.29) is 6.04 Å². The molecular weight excluding hydrogens is 398 g/mol. The number of para-hydroxylation sites is 1. The third kappa shape index (κ3) is 3.07. The van der Waals surface area contributed by atoms with Crippen molar-refractivity contribution in [2.75, 3.05) is 20.2 Å². The Morgan fingerprint density at radius 2 is 1.90 bits per heavy atom. The smallest absolute Gasteiger partial charge is 0.200 e. The molecule has 3 heterocycles. The van der Waals surface area contributed by atoms with Crippen molar-refractivity contribution in [2.45, 2.75) is 50.9 Å². The lowest BCUT2D eigenvalue weighted by molar-refractivity contribution is -0.153. The summed E-state index contributed by atoms with van der Waals surface area (Å²) in [6.45, 7) is 6.49. The Kier molecular flexibility index (Phi) is 4.91. The van der Waals surface area contributed by atoms with Crippen molar-refractivity contribution in [3.05, 3.63) is 58.6 Å². The van der Waals surface area contributed by atoms with Crippen LogP contribution in [-0.2, 0) is 0 Å². The molecule has 0 aromatic heterocycles. The number of ether oxygens (including phenoxy) is 2. The van der Waals surface area contributed by atoms with Gasteiger partial charge in [0.15, 0.2) is 11.5 Å². The van der Waals surface area contributed by atoms with E-state index in [1.165, 1.54) is 0 Å². The summed E-state index contributed by atoms with van der Waals surface area (Å²) in [5, 5.41) is 8.09. The molecule has 3 aliphatic rings. The molecule has 0 aliphatic carbocycles. The predicted octanol–water partition coefficient (Wildman–Crippen LogP) is 5.09. The number of hydrazone groups is 1. The van der Waals surface area contributed by atoms with Crippen LogP contribution in [0.15, 0.2) is 47.6 Å². The number of piperidine rings is 1. The van der Waals surface area contributed by atoms with Gasteiger partial charge in [-0.2, -0.15) is 5.10 Å². The van der Waals surface area contributed by atoms with Crippen LogP contribution in [0, 0.1) is 0 Å². The summed E-state index contributed by atoms with van der Waals surface area (Å²) >= 11 is 6.52. The number of rotatable bonds is 3. The highest BCUT2D eigenvalue weighted by molar-refractivity contribution is 6.34. The second kappa shape index (κ2) is 7.47. The molecule has 0 bridgehead atoms. The molecule has 2 aromatic carbocycles. The first-order chi connectivity index (χ1) is 14.5. The number of likely N-dealkylation sites (tertiary alicyclic amines) is 1. The SMILES string of the molecule is COc1cccc2c1OC1(CCN(C(C)C)CC1)N1N=C(c3ccccc3Cl)CC21. The van der Waals surface area contributed by atoms with E-state index < -0.39 is 5.72 Å². The molecule has 0 amide bonds. The van der Waals surface area contributed by atoms with Crippen molar-refractivity contribution in [2.24, 2.45) is 5.10 Å². The molecule has 1 unspecified atom stereocenters. The molecule has 1 saturated heterocycles. The molecule has 1 fully saturated rings. The zero-order valence-electron chi connectivity index (χ0n) is 17.8. The average Bonchev–Trinajstić information content (AvgIpc) is 3.21. The predicted molar refractivity (Wildman–Crippen MR) is 119 cm³/mol. The van der Waals surface area contributed by atoms with Crippen LogP contribution in [0.1, 0.15) is 50.3 Å². The Balaban J connectivity index is 1.58. The van der Waals surface area contributed by atoms with Crippen molar-refractivity contribution in [3.63, 3.8) is 0 Å². The number of fused-ring (bicyclic) bond motifs is 4. The van der Waals surface area contributed by atoms with E-state index >= 15 is 0 Å². The maximum Gasteiger partial charge on any atom is 0.200 e. The first-order valence-corrected chi connectivity index (χ1v) is 11.1. The first-order valence-electron chi connectivity index (χ1n) is 10.7. The summed E-state index contributed by atoms with van der Waals surface area (Å²) in [4.78, 5) is 2.51. The normalized spacial score (nSPS) is 22.5. The van der Waals surface area contributed by atoms with Crippen LogP contribution in [0.3, 0.4) is 0 Å². The molecule has 5 nitrogen and oxygen atoms in total. The summed E-state index contributed by atoms with van der Waals surface area (Å²) in [5.41, 5.74) is 2.71. The van der Waals surface area contributed by atoms with Crippen LogP contribution < -0.4 is 9.47 Å². The maximum atomic E-state index is 6.77. The Morgan fingerprint density at radius 3 is 2.60 bits per heavy atom. The summed E-state index contributed by atoms with van der Waals surface area (Å²) in [6, 6.07) is 14.8. The summed E-state index contributed by atoms with van der Waals surface area (Å²) in [5.74, 6) is 1.67. The lowest BCUT2D eigenvalue weighted by Crippen LogP contribution is -2.59. The van der Waals surface area contributed by atoms with Gasteiger partial charge < -0.3 is 14.4 Å². The molecule has 0 saturated carbocycles. The standard InChI is InChI=1S/C24H28ClN3O2/c1-16(2)27-13-11-24(12-14-27)28-21(18-8-6-10-22(29-3)23(18)30-24)15-20(26-28)17-7-4-5-9-19(17)25/h4-10,16,21H,11-15H2,1-3H3. The average molecular weight is 426 g/mol. The second-order valence-electron chi connectivity index (χ2n) is 8.65. The minimum absolute atomic E-state index is 0.126. The van der Waals surface area contributed by atoms with E-state index in [9.17, 15) is 0 Å². The minimum atomic E-state index is -0.458. The summed E-state index contributed by atoms with van der Waals surface area (Å²) < 4.78 is 12.4. The van der Waals surface area contributed by atoms with Crippen LogP contribution in [0.4, 0.5) is 0 Å². The summed E-state index contributed by atoms with van der Waals surface area (Å²) in [7, 11) is 1.71. The first kappa shape index (κ1) is 19.7. The van der Waals surface area contributed by atoms with E-state index in [1.807, 2.05) is 30.3 Å². The van der Waals surface area contributed by atoms with Gasteiger partial charge in [0, 0.05) is 54.5 Å². The van der Waals surface area contributed by atoms with Gasteiger partial charge in [-0.1, -0.05) is 41.9 Å². The molecule has 3 aliphatic heterocycles. The zero-order chi connectivity index (χ0) is 20.9. The van der Waals surface area contributed by atoms with Crippen LogP contribution in [-0.4, -0.2) is 47.6 Å². The molecule has 2 aromatic rings. The molecule has 158 valence electrons. The largest absolute Gasteiger partial charge is 0.493 e. The minimum Gasteiger partial charge on any atom is -0.493 e. The molecule has 5 rings (SSSR count). The monoisotopic (exact) mass is 425 g/mol. The van der Waals surface area contributed by atoms with Gasteiger partial charge in [-0.05, 0) is 26.0 Å². The fraction of sp³-hybridized carbons (Fsp3) is 0.458. The Bertz CT molecular complexity index is 982. The highest BCUT2D eigenvalue weighted by Crippen LogP contribution is 2.53. The molecule has 30 heavy (non-hydrogen) atoms. The van der Waals surface area contributed by atoms with Gasteiger partial charge in [0.1, 0.15) is 0 Å². The van der Waals surface area contributed by atoms with Crippen LogP contribution in [0.2, 0.25) is 5.02 Å². The van der Waals surface area contributed by atoms with E-state index in [0.717, 1.165) is 65.7 Å². The van der Waals surface area contributed by atoms with Crippen molar-refractivity contribution >= 4 is 17.3 Å². The Hall–Kier alpha value is -2.24. The lowest BCUT2D eigenvalue weighted by atomic mass is 9.90. The second-order valence-corrected chi connectivity index (χ2v) is 9.05. The number of hydrogen-bond donors (Lipinski definition) is 0. The van der Waals surface area contributed by atoms with Gasteiger partial charge in [0.05, 0.1) is 18.9 Å². The highest BCUT2D eigenvalue weighted by atomic mass is 35.5. The van der Waals surface area contributed by atoms with E-state index in [2.05, 4.69) is 35.9 Å². The van der Waals surface area contributed by atoms with Gasteiger partial charge >= 0.3 is 0 Å². The van der Waals surface area contributed by atoms with Gasteiger partial charge in [-0.15, -0.1) is 0 Å². The number of nitrogens with zero attached hydrogens (tertiary/aromatic N) is 3. The Labute approximate surface area is 183 Å². The Morgan fingerprint density at radius 1 is 1.13 bits per heavy atom. The van der Waals surface area contributed by atoms with Gasteiger partial charge in [0.25, 0.3) is 0 Å². The van der Waals surface area contributed by atoms with Crippen LogP contribution in [0.25, 0.3) is 0 Å². The third-order valence-corrected chi connectivity index (χ3v) is 7.03. The van der Waals surface area contributed by atoms with E-state index in [1.54, 1.807) is 7.11 Å². The van der Waals surface area contributed by atoms with Crippen molar-refractivity contribution in [3.8, 4) is 11.5 Å². The fourth-order valence-corrected chi connectivity index (χ4v) is 5.25. The quantitative estimate of drug-likeness (QED) is 0.686. The molecule has 6 heteroatoms. The molecule has 1 atom stereocenters. The van der Waals surface area contributed by atoms with E-state index in [0.29, 0.717) is 6.04 Å².